The smallest absolute Gasteiger partial charge is 0.325 e. The van der Waals surface area contributed by atoms with Gasteiger partial charge in [0.1, 0.15) is 0 Å². The minimum absolute atomic E-state index is 0.213. The van der Waals surface area contributed by atoms with E-state index in [4.69, 9.17) is 0 Å². The molecule has 1 aromatic rings. The Balaban J connectivity index is 2.66. The molecule has 2 heterocycles. The number of hydrogen-bond acceptors (Lipinski definition) is 4. The van der Waals surface area contributed by atoms with E-state index in [9.17, 15) is 9.59 Å². The number of hydrogen-bond donors (Lipinski definition) is 0. The van der Waals surface area contributed by atoms with Crippen molar-refractivity contribution in [2.75, 3.05) is 0 Å². The molecule has 0 bridgehead atoms. The normalized spacial score (nSPS) is 11.4. The second-order valence-electron chi connectivity index (χ2n) is 4.98. The second kappa shape index (κ2) is 4.00. The van der Waals surface area contributed by atoms with Gasteiger partial charge in [0.15, 0.2) is 11.5 Å². The summed E-state index contributed by atoms with van der Waals surface area (Å²) in [5.74, 6) is 0.319. The molecule has 1 aromatic carbocycles. The molecule has 0 aromatic heterocycles. The lowest BCUT2D eigenvalue weighted by molar-refractivity contribution is 0.748. The van der Waals surface area contributed by atoms with Crippen molar-refractivity contribution in [3.63, 3.8) is 0 Å². The van der Waals surface area contributed by atoms with Crippen LogP contribution in [0.4, 0.5) is 0 Å². The summed E-state index contributed by atoms with van der Waals surface area (Å²) in [5, 5.41) is 0. The van der Waals surface area contributed by atoms with Crippen LogP contribution in [0, 0.1) is 13.8 Å². The molecular weight excluding hydrogens is 256 g/mol. The summed E-state index contributed by atoms with van der Waals surface area (Å²) in [7, 11) is 3.20. The van der Waals surface area contributed by atoms with E-state index in [2.05, 4.69) is 9.97 Å². The Labute approximate surface area is 114 Å². The SMILES string of the molecule is Cc1ccc2nc3c(=O)n(C)c(=O)nc-3n(C)c2c1C. The van der Waals surface area contributed by atoms with Crippen molar-refractivity contribution in [3.05, 3.63) is 44.1 Å². The molecule has 0 amide bonds. The molecule has 0 fully saturated rings. The number of benzene rings is 1. The Bertz CT molecular complexity index is 937. The van der Waals surface area contributed by atoms with Gasteiger partial charge in [0.25, 0.3) is 5.56 Å². The van der Waals surface area contributed by atoms with Crippen LogP contribution in [-0.4, -0.2) is 19.1 Å². The zero-order chi connectivity index (χ0) is 14.6. The highest BCUT2D eigenvalue weighted by molar-refractivity contribution is 5.83. The van der Waals surface area contributed by atoms with E-state index < -0.39 is 11.2 Å². The first-order valence-corrected chi connectivity index (χ1v) is 6.25. The Morgan fingerprint density at radius 2 is 1.70 bits per heavy atom. The molecule has 6 heteroatoms. The zero-order valence-electron chi connectivity index (χ0n) is 11.8. The van der Waals surface area contributed by atoms with Crippen LogP contribution in [0.5, 0.6) is 0 Å². The van der Waals surface area contributed by atoms with Crippen molar-refractivity contribution < 1.29 is 0 Å². The fourth-order valence-electron chi connectivity index (χ4n) is 2.42. The van der Waals surface area contributed by atoms with Gasteiger partial charge in [-0.3, -0.25) is 9.36 Å². The van der Waals surface area contributed by atoms with Crippen LogP contribution in [0.1, 0.15) is 11.1 Å². The van der Waals surface area contributed by atoms with E-state index in [1.807, 2.05) is 26.0 Å². The molecule has 0 radical (unpaired) electrons. The zero-order valence-corrected chi connectivity index (χ0v) is 11.8. The molecule has 0 spiro atoms. The summed E-state index contributed by atoms with van der Waals surface area (Å²) in [6.07, 6.45) is 0. The predicted octanol–water partition coefficient (Wildman–Crippen LogP) is 0.749. The van der Waals surface area contributed by atoms with Crippen LogP contribution in [0.15, 0.2) is 21.7 Å². The topological polar surface area (TPSA) is 69.8 Å². The van der Waals surface area contributed by atoms with E-state index >= 15 is 0 Å². The van der Waals surface area contributed by atoms with Gasteiger partial charge in [-0.25, -0.2) is 9.78 Å². The molecule has 0 N–H and O–H groups in total. The third-order valence-electron chi connectivity index (χ3n) is 3.77. The first kappa shape index (κ1) is 12.5. The highest BCUT2D eigenvalue weighted by atomic mass is 16.2. The Hall–Kier alpha value is -2.50. The van der Waals surface area contributed by atoms with Gasteiger partial charge in [-0.2, -0.15) is 4.98 Å². The summed E-state index contributed by atoms with van der Waals surface area (Å²) in [5.41, 5.74) is 3.03. The van der Waals surface area contributed by atoms with Gasteiger partial charge < -0.3 is 4.57 Å². The Kier molecular flexibility index (Phi) is 2.50. The van der Waals surface area contributed by atoms with Crippen LogP contribution in [0.3, 0.4) is 0 Å². The van der Waals surface area contributed by atoms with Crippen molar-refractivity contribution >= 4 is 11.0 Å². The van der Waals surface area contributed by atoms with Crippen molar-refractivity contribution in [2.45, 2.75) is 13.8 Å². The molecule has 0 saturated carbocycles. The molecule has 0 saturated heterocycles. The van der Waals surface area contributed by atoms with E-state index in [0.717, 1.165) is 26.7 Å². The summed E-state index contributed by atoms with van der Waals surface area (Å²) in [6, 6.07) is 3.85. The van der Waals surface area contributed by atoms with E-state index in [1.165, 1.54) is 7.05 Å². The largest absolute Gasteiger partial charge is 0.352 e. The number of rotatable bonds is 0. The summed E-state index contributed by atoms with van der Waals surface area (Å²) in [4.78, 5) is 32.2. The number of aromatic nitrogens is 4. The first-order chi connectivity index (χ1) is 9.41. The first-order valence-electron chi connectivity index (χ1n) is 6.25. The lowest BCUT2D eigenvalue weighted by atomic mass is 10.1. The lowest BCUT2D eigenvalue weighted by Gasteiger charge is -2.15. The molecule has 3 rings (SSSR count). The minimum atomic E-state index is -0.565. The maximum absolute atomic E-state index is 12.1. The highest BCUT2D eigenvalue weighted by Crippen LogP contribution is 2.24. The second-order valence-corrected chi connectivity index (χ2v) is 4.98. The molecule has 20 heavy (non-hydrogen) atoms. The molecule has 0 aliphatic carbocycles. The average Bonchev–Trinajstić information content (AvgIpc) is 2.42. The molecule has 0 atom stereocenters. The van der Waals surface area contributed by atoms with Crippen molar-refractivity contribution in [1.29, 1.82) is 0 Å². The Morgan fingerprint density at radius 1 is 1.00 bits per heavy atom. The third kappa shape index (κ3) is 1.51. The fraction of sp³-hybridized carbons (Fsp3) is 0.286. The van der Waals surface area contributed by atoms with Gasteiger partial charge in [-0.15, -0.1) is 0 Å². The minimum Gasteiger partial charge on any atom is -0.325 e. The van der Waals surface area contributed by atoms with Crippen LogP contribution >= 0.6 is 0 Å². The summed E-state index contributed by atoms with van der Waals surface area (Å²) in [6.45, 7) is 4.00. The van der Waals surface area contributed by atoms with E-state index in [0.29, 0.717) is 5.82 Å². The quantitative estimate of drug-likeness (QED) is 0.565. The molecular formula is C14H14N4O2. The molecule has 2 aliphatic rings. The molecule has 0 unspecified atom stereocenters. The van der Waals surface area contributed by atoms with Gasteiger partial charge in [0.05, 0.1) is 11.0 Å². The van der Waals surface area contributed by atoms with Crippen LogP contribution in [0.2, 0.25) is 0 Å². The number of fused-ring (bicyclic) bond motifs is 2. The maximum Gasteiger partial charge on any atom is 0.352 e. The average molecular weight is 270 g/mol. The number of aryl methyl sites for hydroxylation is 3. The Morgan fingerprint density at radius 3 is 2.40 bits per heavy atom. The highest BCUT2D eigenvalue weighted by Gasteiger charge is 2.19. The summed E-state index contributed by atoms with van der Waals surface area (Å²) < 4.78 is 2.74. The van der Waals surface area contributed by atoms with Crippen molar-refractivity contribution in [2.24, 2.45) is 14.1 Å². The van der Waals surface area contributed by atoms with Crippen molar-refractivity contribution in [3.8, 4) is 11.5 Å². The maximum atomic E-state index is 12.1. The van der Waals surface area contributed by atoms with Gasteiger partial charge in [0, 0.05) is 14.1 Å². The van der Waals surface area contributed by atoms with Crippen molar-refractivity contribution in [1.82, 2.24) is 19.1 Å². The fourth-order valence-corrected chi connectivity index (χ4v) is 2.42. The van der Waals surface area contributed by atoms with E-state index in [-0.39, 0.29) is 5.69 Å². The summed E-state index contributed by atoms with van der Waals surface area (Å²) >= 11 is 0. The van der Waals surface area contributed by atoms with Gasteiger partial charge in [-0.05, 0) is 31.0 Å². The number of nitrogens with zero attached hydrogens (tertiary/aromatic N) is 4. The van der Waals surface area contributed by atoms with Gasteiger partial charge >= 0.3 is 5.69 Å². The van der Waals surface area contributed by atoms with Crippen LogP contribution in [0.25, 0.3) is 22.6 Å². The standard InChI is InChI=1S/C14H14N4O2/c1-7-5-6-9-11(8(7)2)17(3)12-10(15-9)13(19)18(4)14(20)16-12/h5-6H,1-4H3. The van der Waals surface area contributed by atoms with Gasteiger partial charge in [-0.1, -0.05) is 6.07 Å². The third-order valence-corrected chi connectivity index (χ3v) is 3.77. The predicted molar refractivity (Wildman–Crippen MR) is 76.1 cm³/mol. The monoisotopic (exact) mass is 270 g/mol. The van der Waals surface area contributed by atoms with Gasteiger partial charge in [0.2, 0.25) is 0 Å². The van der Waals surface area contributed by atoms with E-state index in [1.54, 1.807) is 11.6 Å². The lowest BCUT2D eigenvalue weighted by Crippen LogP contribution is -2.36. The van der Waals surface area contributed by atoms with Crippen LogP contribution < -0.4 is 11.2 Å². The molecule has 6 nitrogen and oxygen atoms in total. The molecule has 102 valence electrons. The molecule has 2 aliphatic heterocycles. The van der Waals surface area contributed by atoms with Crippen LogP contribution in [-0.2, 0) is 14.1 Å².